The van der Waals surface area contributed by atoms with Crippen molar-refractivity contribution in [3.05, 3.63) is 65.2 Å². The lowest BCUT2D eigenvalue weighted by atomic mass is 10.1. The maximum absolute atomic E-state index is 12.3. The Morgan fingerprint density at radius 3 is 2.25 bits per heavy atom. The van der Waals surface area contributed by atoms with Crippen molar-refractivity contribution in [3.63, 3.8) is 0 Å². The number of esters is 1. The van der Waals surface area contributed by atoms with Crippen molar-refractivity contribution in [1.29, 1.82) is 0 Å². The third-order valence-corrected chi connectivity index (χ3v) is 6.46. The van der Waals surface area contributed by atoms with E-state index in [1.54, 1.807) is 36.4 Å². The van der Waals surface area contributed by atoms with Gasteiger partial charge in [0, 0.05) is 18.7 Å². The molecule has 28 heavy (non-hydrogen) atoms. The highest BCUT2D eigenvalue weighted by Crippen LogP contribution is 2.24. The molecule has 0 aliphatic carbocycles. The number of nitrogens with one attached hydrogen (secondary N) is 1. The normalized spacial score (nSPS) is 15.2. The Bertz CT molecular complexity index is 953. The second-order valence-corrected chi connectivity index (χ2v) is 8.50. The van der Waals surface area contributed by atoms with Crippen LogP contribution in [0.1, 0.15) is 32.7 Å². The molecule has 1 saturated heterocycles. The van der Waals surface area contributed by atoms with E-state index in [-0.39, 0.29) is 17.6 Å². The fraction of sp³-hybridized carbons (Fsp3) is 0.300. The molecule has 8 heteroatoms. The Labute approximate surface area is 164 Å². The molecule has 0 saturated carbocycles. The summed E-state index contributed by atoms with van der Waals surface area (Å²) in [5.74, 6) is -0.442. The van der Waals surface area contributed by atoms with Gasteiger partial charge in [-0.15, -0.1) is 0 Å². The molecule has 0 unspecified atom stereocenters. The van der Waals surface area contributed by atoms with E-state index in [1.807, 2.05) is 12.1 Å². The van der Waals surface area contributed by atoms with Gasteiger partial charge in [0.05, 0.1) is 24.1 Å². The summed E-state index contributed by atoms with van der Waals surface area (Å²) in [6.45, 7) is 0.918. The van der Waals surface area contributed by atoms with Gasteiger partial charge in [0.25, 0.3) is 5.91 Å². The molecular formula is C20H22N2O5S. The zero-order valence-corrected chi connectivity index (χ0v) is 16.4. The number of ether oxygens (including phenoxy) is 1. The highest BCUT2D eigenvalue weighted by molar-refractivity contribution is 7.93. The maximum atomic E-state index is 12.3. The van der Waals surface area contributed by atoms with Crippen LogP contribution in [0.25, 0.3) is 0 Å². The number of benzene rings is 2. The quantitative estimate of drug-likeness (QED) is 0.746. The lowest BCUT2D eigenvalue weighted by Crippen LogP contribution is -2.26. The average molecular weight is 402 g/mol. The lowest BCUT2D eigenvalue weighted by Gasteiger charge is -2.17. The van der Waals surface area contributed by atoms with Gasteiger partial charge in [0.15, 0.2) is 0 Å². The largest absolute Gasteiger partial charge is 0.465 e. The van der Waals surface area contributed by atoms with Gasteiger partial charge in [-0.3, -0.25) is 9.10 Å². The molecule has 3 rings (SSSR count). The first-order valence-electron chi connectivity index (χ1n) is 8.96. The Morgan fingerprint density at radius 1 is 1.04 bits per heavy atom. The molecule has 1 aliphatic heterocycles. The SMILES string of the molecule is COC(=O)c1ccc(CCNC(=O)c2ccc(N3CCCS3(=O)=O)cc2)cc1. The van der Waals surface area contributed by atoms with Crippen LogP contribution in [0.3, 0.4) is 0 Å². The molecule has 2 aromatic rings. The van der Waals surface area contributed by atoms with Crippen LogP contribution in [0, 0.1) is 0 Å². The number of methoxy groups -OCH3 is 1. The Kier molecular flexibility index (Phi) is 5.99. The molecule has 2 aromatic carbocycles. The number of hydrogen-bond acceptors (Lipinski definition) is 5. The molecule has 1 aliphatic rings. The summed E-state index contributed by atoms with van der Waals surface area (Å²) in [6.07, 6.45) is 1.24. The van der Waals surface area contributed by atoms with Gasteiger partial charge in [-0.2, -0.15) is 0 Å². The third kappa shape index (κ3) is 4.51. The van der Waals surface area contributed by atoms with Crippen LogP contribution < -0.4 is 9.62 Å². The predicted octanol–water partition coefficient (Wildman–Crippen LogP) is 1.99. The zero-order valence-electron chi connectivity index (χ0n) is 15.6. The van der Waals surface area contributed by atoms with Gasteiger partial charge < -0.3 is 10.1 Å². The predicted molar refractivity (Wildman–Crippen MR) is 106 cm³/mol. The first-order chi connectivity index (χ1) is 13.4. The fourth-order valence-electron chi connectivity index (χ4n) is 3.06. The lowest BCUT2D eigenvalue weighted by molar-refractivity contribution is 0.0600. The van der Waals surface area contributed by atoms with E-state index in [4.69, 9.17) is 0 Å². The number of carbonyl (C=O) groups excluding carboxylic acids is 2. The smallest absolute Gasteiger partial charge is 0.337 e. The van der Waals surface area contributed by atoms with Crippen LogP contribution in [-0.4, -0.2) is 46.2 Å². The minimum atomic E-state index is -3.22. The number of hydrogen-bond donors (Lipinski definition) is 1. The Hall–Kier alpha value is -2.87. The van der Waals surface area contributed by atoms with Gasteiger partial charge in [0.1, 0.15) is 0 Å². The van der Waals surface area contributed by atoms with E-state index in [0.29, 0.717) is 42.7 Å². The molecule has 0 atom stereocenters. The summed E-state index contributed by atoms with van der Waals surface area (Å²) in [4.78, 5) is 23.7. The van der Waals surface area contributed by atoms with E-state index in [9.17, 15) is 18.0 Å². The first-order valence-corrected chi connectivity index (χ1v) is 10.6. The van der Waals surface area contributed by atoms with Gasteiger partial charge in [-0.1, -0.05) is 12.1 Å². The van der Waals surface area contributed by atoms with Crippen LogP contribution in [-0.2, 0) is 21.2 Å². The topological polar surface area (TPSA) is 92.8 Å². The van der Waals surface area contributed by atoms with Crippen molar-refractivity contribution in [2.24, 2.45) is 0 Å². The molecule has 0 aromatic heterocycles. The van der Waals surface area contributed by atoms with Crippen LogP contribution >= 0.6 is 0 Å². The minimum absolute atomic E-state index is 0.163. The minimum Gasteiger partial charge on any atom is -0.465 e. The summed E-state index contributed by atoms with van der Waals surface area (Å²) >= 11 is 0. The number of nitrogens with zero attached hydrogens (tertiary/aromatic N) is 1. The number of anilines is 1. The van der Waals surface area contributed by atoms with Crippen molar-refractivity contribution >= 4 is 27.6 Å². The Balaban J connectivity index is 1.53. The van der Waals surface area contributed by atoms with Crippen LogP contribution in [0.15, 0.2) is 48.5 Å². The number of sulfonamides is 1. The zero-order chi connectivity index (χ0) is 20.1. The number of rotatable bonds is 6. The van der Waals surface area contributed by atoms with Gasteiger partial charge >= 0.3 is 5.97 Å². The van der Waals surface area contributed by atoms with Crippen molar-refractivity contribution in [1.82, 2.24) is 5.32 Å². The molecule has 1 N–H and O–H groups in total. The van der Waals surface area contributed by atoms with E-state index in [2.05, 4.69) is 10.1 Å². The van der Waals surface area contributed by atoms with Crippen molar-refractivity contribution in [2.75, 3.05) is 30.3 Å². The second-order valence-electron chi connectivity index (χ2n) is 6.48. The van der Waals surface area contributed by atoms with E-state index >= 15 is 0 Å². The molecule has 148 valence electrons. The molecule has 0 spiro atoms. The summed E-state index contributed by atoms with van der Waals surface area (Å²) in [6, 6.07) is 13.6. The molecule has 1 heterocycles. The maximum Gasteiger partial charge on any atom is 0.337 e. The van der Waals surface area contributed by atoms with E-state index in [1.165, 1.54) is 11.4 Å². The molecule has 7 nitrogen and oxygen atoms in total. The number of amides is 1. The van der Waals surface area contributed by atoms with Gasteiger partial charge in [0.2, 0.25) is 10.0 Å². The van der Waals surface area contributed by atoms with Crippen LogP contribution in [0.5, 0.6) is 0 Å². The third-order valence-electron chi connectivity index (χ3n) is 4.59. The van der Waals surface area contributed by atoms with Crippen molar-refractivity contribution < 1.29 is 22.7 Å². The molecule has 1 fully saturated rings. The van der Waals surface area contributed by atoms with Crippen molar-refractivity contribution in [2.45, 2.75) is 12.8 Å². The Morgan fingerprint density at radius 2 is 1.68 bits per heavy atom. The standard InChI is InChI=1S/C20H22N2O5S/c1-27-20(24)17-5-3-15(4-6-17)11-12-21-19(23)16-7-9-18(10-8-16)22-13-2-14-28(22,25)26/h3-10H,2,11-14H2,1H3,(H,21,23). The summed E-state index contributed by atoms with van der Waals surface area (Å²) in [7, 11) is -1.89. The monoisotopic (exact) mass is 402 g/mol. The van der Waals surface area contributed by atoms with Gasteiger partial charge in [-0.05, 0) is 54.8 Å². The summed E-state index contributed by atoms with van der Waals surface area (Å²) in [5, 5.41) is 2.84. The van der Waals surface area contributed by atoms with Crippen molar-refractivity contribution in [3.8, 4) is 0 Å². The second kappa shape index (κ2) is 8.43. The van der Waals surface area contributed by atoms with E-state index in [0.717, 1.165) is 5.56 Å². The van der Waals surface area contributed by atoms with Crippen LogP contribution in [0.4, 0.5) is 5.69 Å². The average Bonchev–Trinajstić information content (AvgIpc) is 3.07. The first kappa shape index (κ1) is 19.9. The summed E-state index contributed by atoms with van der Waals surface area (Å²) < 4.78 is 29.9. The van der Waals surface area contributed by atoms with E-state index < -0.39 is 10.0 Å². The van der Waals surface area contributed by atoms with Crippen LogP contribution in [0.2, 0.25) is 0 Å². The molecule has 0 radical (unpaired) electrons. The molecular weight excluding hydrogens is 380 g/mol. The number of carbonyl (C=O) groups is 2. The highest BCUT2D eigenvalue weighted by Gasteiger charge is 2.28. The molecule has 1 amide bonds. The summed E-state index contributed by atoms with van der Waals surface area (Å²) in [5.41, 5.74) is 2.53. The molecule has 0 bridgehead atoms. The fourth-order valence-corrected chi connectivity index (χ4v) is 4.62. The van der Waals surface area contributed by atoms with Gasteiger partial charge in [-0.25, -0.2) is 13.2 Å². The highest BCUT2D eigenvalue weighted by atomic mass is 32.2.